The van der Waals surface area contributed by atoms with E-state index in [1.54, 1.807) is 0 Å². The van der Waals surface area contributed by atoms with Crippen molar-refractivity contribution in [2.24, 2.45) is 0 Å². The van der Waals surface area contributed by atoms with E-state index in [1.807, 2.05) is 18.5 Å². The molecular weight excluding hydrogens is 284 g/mol. The van der Waals surface area contributed by atoms with Crippen LogP contribution in [0.5, 0.6) is 0 Å². The molecule has 0 saturated carbocycles. The van der Waals surface area contributed by atoms with Crippen LogP contribution in [0.15, 0.2) is 60.9 Å². The highest BCUT2D eigenvalue weighted by atomic mass is 15.3. The summed E-state index contributed by atoms with van der Waals surface area (Å²) in [6, 6.07) is 17.2. The third kappa shape index (κ3) is 3.17. The number of nitrogens with zero attached hydrogens (tertiary/aromatic N) is 4. The van der Waals surface area contributed by atoms with E-state index in [0.717, 1.165) is 38.7 Å². The molecule has 3 aromatic rings. The Morgan fingerprint density at radius 3 is 2.30 bits per heavy atom. The standard InChI is InChI=1S/C19H20N4/c1-2-5-18-14-16(6-7-17(18)4-1)15-22-10-12-23(13-11-22)19-20-8-3-9-21-19/h1-9,14H,10-13,15H2. The van der Waals surface area contributed by atoms with E-state index in [1.165, 1.54) is 16.3 Å². The molecule has 2 heterocycles. The Labute approximate surface area is 136 Å². The molecule has 2 aromatic carbocycles. The number of hydrogen-bond acceptors (Lipinski definition) is 4. The maximum Gasteiger partial charge on any atom is 0.225 e. The first-order chi connectivity index (χ1) is 11.4. The molecule has 0 unspecified atom stereocenters. The number of benzene rings is 2. The van der Waals surface area contributed by atoms with E-state index in [-0.39, 0.29) is 0 Å². The van der Waals surface area contributed by atoms with Crippen molar-refractivity contribution in [2.45, 2.75) is 6.54 Å². The van der Waals surface area contributed by atoms with Gasteiger partial charge in [-0.15, -0.1) is 0 Å². The van der Waals surface area contributed by atoms with Crippen LogP contribution in [0.3, 0.4) is 0 Å². The van der Waals surface area contributed by atoms with Gasteiger partial charge in [-0.25, -0.2) is 9.97 Å². The molecule has 0 amide bonds. The number of anilines is 1. The number of rotatable bonds is 3. The quantitative estimate of drug-likeness (QED) is 0.745. The molecule has 23 heavy (non-hydrogen) atoms. The zero-order chi connectivity index (χ0) is 15.5. The Hall–Kier alpha value is -2.46. The summed E-state index contributed by atoms with van der Waals surface area (Å²) in [6.45, 7) is 5.07. The maximum absolute atomic E-state index is 4.34. The normalized spacial score (nSPS) is 15.9. The summed E-state index contributed by atoms with van der Waals surface area (Å²) in [4.78, 5) is 13.4. The highest BCUT2D eigenvalue weighted by Gasteiger charge is 2.18. The van der Waals surface area contributed by atoms with Crippen molar-refractivity contribution in [3.8, 4) is 0 Å². The van der Waals surface area contributed by atoms with E-state index in [9.17, 15) is 0 Å². The molecule has 0 spiro atoms. The first kappa shape index (κ1) is 14.2. The molecule has 4 rings (SSSR count). The second-order valence-electron chi connectivity index (χ2n) is 5.99. The van der Waals surface area contributed by atoms with Crippen molar-refractivity contribution in [3.63, 3.8) is 0 Å². The molecule has 1 fully saturated rings. The van der Waals surface area contributed by atoms with Gasteiger partial charge in [0, 0.05) is 45.1 Å². The molecule has 0 radical (unpaired) electrons. The SMILES string of the molecule is c1cnc(N2CCN(Cc3ccc4ccccc4c3)CC2)nc1. The third-order valence-electron chi connectivity index (χ3n) is 4.43. The largest absolute Gasteiger partial charge is 0.338 e. The third-order valence-corrected chi connectivity index (χ3v) is 4.43. The molecule has 1 aliphatic rings. The number of fused-ring (bicyclic) bond motifs is 1. The molecule has 1 aliphatic heterocycles. The van der Waals surface area contributed by atoms with Gasteiger partial charge >= 0.3 is 0 Å². The number of piperazine rings is 1. The Morgan fingerprint density at radius 1 is 0.783 bits per heavy atom. The van der Waals surface area contributed by atoms with Gasteiger partial charge in [-0.2, -0.15) is 0 Å². The summed E-state index contributed by atoms with van der Waals surface area (Å²) in [5, 5.41) is 2.63. The maximum atomic E-state index is 4.34. The van der Waals surface area contributed by atoms with Gasteiger partial charge in [-0.3, -0.25) is 4.90 Å². The van der Waals surface area contributed by atoms with Crippen molar-refractivity contribution >= 4 is 16.7 Å². The zero-order valence-electron chi connectivity index (χ0n) is 13.1. The van der Waals surface area contributed by atoms with Gasteiger partial charge in [0.05, 0.1) is 0 Å². The molecule has 1 saturated heterocycles. The predicted octanol–water partition coefficient (Wildman–Crippen LogP) is 2.95. The highest BCUT2D eigenvalue weighted by molar-refractivity contribution is 5.82. The van der Waals surface area contributed by atoms with Crippen LogP contribution in [0.2, 0.25) is 0 Å². The Kier molecular flexibility index (Phi) is 3.90. The lowest BCUT2D eigenvalue weighted by Crippen LogP contribution is -2.46. The highest BCUT2D eigenvalue weighted by Crippen LogP contribution is 2.18. The number of hydrogen-bond donors (Lipinski definition) is 0. The van der Waals surface area contributed by atoms with Crippen LogP contribution in [-0.4, -0.2) is 41.0 Å². The van der Waals surface area contributed by atoms with Crippen LogP contribution < -0.4 is 4.90 Å². The van der Waals surface area contributed by atoms with Crippen LogP contribution in [-0.2, 0) is 6.54 Å². The zero-order valence-corrected chi connectivity index (χ0v) is 13.1. The molecule has 4 heteroatoms. The summed E-state index contributed by atoms with van der Waals surface area (Å²) >= 11 is 0. The lowest BCUT2D eigenvalue weighted by molar-refractivity contribution is 0.249. The second-order valence-corrected chi connectivity index (χ2v) is 5.99. The smallest absolute Gasteiger partial charge is 0.225 e. The van der Waals surface area contributed by atoms with Gasteiger partial charge in [0.25, 0.3) is 0 Å². The summed E-state index contributed by atoms with van der Waals surface area (Å²) in [5.41, 5.74) is 1.38. The fourth-order valence-corrected chi connectivity index (χ4v) is 3.16. The predicted molar refractivity (Wildman–Crippen MR) is 93.5 cm³/mol. The summed E-state index contributed by atoms with van der Waals surface area (Å²) < 4.78 is 0. The first-order valence-electron chi connectivity index (χ1n) is 8.10. The Balaban J connectivity index is 1.40. The van der Waals surface area contributed by atoms with E-state index in [0.29, 0.717) is 0 Å². The molecule has 116 valence electrons. The Morgan fingerprint density at radius 2 is 1.52 bits per heavy atom. The monoisotopic (exact) mass is 304 g/mol. The molecular formula is C19H20N4. The van der Waals surface area contributed by atoms with Gasteiger partial charge < -0.3 is 4.90 Å². The van der Waals surface area contributed by atoms with Gasteiger partial charge in [0.15, 0.2) is 0 Å². The van der Waals surface area contributed by atoms with Crippen molar-refractivity contribution in [3.05, 3.63) is 66.5 Å². The van der Waals surface area contributed by atoms with Crippen LogP contribution in [0.1, 0.15) is 5.56 Å². The van der Waals surface area contributed by atoms with Crippen molar-refractivity contribution in [1.29, 1.82) is 0 Å². The van der Waals surface area contributed by atoms with E-state index < -0.39 is 0 Å². The first-order valence-corrected chi connectivity index (χ1v) is 8.10. The minimum absolute atomic E-state index is 0.845. The fraction of sp³-hybridized carbons (Fsp3) is 0.263. The van der Waals surface area contributed by atoms with Crippen LogP contribution in [0.25, 0.3) is 10.8 Å². The summed E-state index contributed by atoms with van der Waals surface area (Å²) in [7, 11) is 0. The number of aromatic nitrogens is 2. The summed E-state index contributed by atoms with van der Waals surface area (Å²) in [5.74, 6) is 0.845. The average Bonchev–Trinajstić information content (AvgIpc) is 2.63. The lowest BCUT2D eigenvalue weighted by atomic mass is 10.1. The molecule has 1 aromatic heterocycles. The molecule has 0 N–H and O–H groups in total. The van der Waals surface area contributed by atoms with Gasteiger partial charge in [0.2, 0.25) is 5.95 Å². The fourth-order valence-electron chi connectivity index (χ4n) is 3.16. The van der Waals surface area contributed by atoms with Crippen LogP contribution >= 0.6 is 0 Å². The van der Waals surface area contributed by atoms with E-state index in [4.69, 9.17) is 0 Å². The van der Waals surface area contributed by atoms with Gasteiger partial charge in [0.1, 0.15) is 0 Å². The van der Waals surface area contributed by atoms with Crippen molar-refractivity contribution in [1.82, 2.24) is 14.9 Å². The van der Waals surface area contributed by atoms with Gasteiger partial charge in [-0.05, 0) is 28.5 Å². The van der Waals surface area contributed by atoms with E-state index in [2.05, 4.69) is 62.2 Å². The minimum atomic E-state index is 0.845. The Bertz CT molecular complexity index is 779. The van der Waals surface area contributed by atoms with Gasteiger partial charge in [-0.1, -0.05) is 36.4 Å². The molecule has 0 atom stereocenters. The van der Waals surface area contributed by atoms with Crippen molar-refractivity contribution in [2.75, 3.05) is 31.1 Å². The van der Waals surface area contributed by atoms with Crippen molar-refractivity contribution < 1.29 is 0 Å². The molecule has 4 nitrogen and oxygen atoms in total. The topological polar surface area (TPSA) is 32.3 Å². The molecule has 0 bridgehead atoms. The second kappa shape index (κ2) is 6.34. The average molecular weight is 304 g/mol. The van der Waals surface area contributed by atoms with Crippen LogP contribution in [0.4, 0.5) is 5.95 Å². The van der Waals surface area contributed by atoms with Crippen LogP contribution in [0, 0.1) is 0 Å². The molecule has 0 aliphatic carbocycles. The van der Waals surface area contributed by atoms with E-state index >= 15 is 0 Å². The lowest BCUT2D eigenvalue weighted by Gasteiger charge is -2.34. The minimum Gasteiger partial charge on any atom is -0.338 e. The summed E-state index contributed by atoms with van der Waals surface area (Å²) in [6.07, 6.45) is 3.62.